The maximum absolute atomic E-state index is 11.4. The van der Waals surface area contributed by atoms with Gasteiger partial charge < -0.3 is 5.32 Å². The van der Waals surface area contributed by atoms with E-state index in [1.165, 1.54) is 5.56 Å². The molecule has 1 atom stereocenters. The van der Waals surface area contributed by atoms with Gasteiger partial charge in [0.15, 0.2) is 0 Å². The van der Waals surface area contributed by atoms with E-state index in [2.05, 4.69) is 5.32 Å². The fourth-order valence-electron chi connectivity index (χ4n) is 1.14. The van der Waals surface area contributed by atoms with Crippen LogP contribution in [0.3, 0.4) is 0 Å². The van der Waals surface area contributed by atoms with E-state index in [0.717, 1.165) is 5.75 Å². The highest BCUT2D eigenvalue weighted by Crippen LogP contribution is 2.17. The van der Waals surface area contributed by atoms with Crippen LogP contribution in [-0.4, -0.2) is 17.7 Å². The Morgan fingerprint density at radius 2 is 2.19 bits per heavy atom. The van der Waals surface area contributed by atoms with Crippen molar-refractivity contribution in [1.29, 1.82) is 5.26 Å². The fourth-order valence-corrected chi connectivity index (χ4v) is 2.01. The summed E-state index contributed by atoms with van der Waals surface area (Å²) in [5, 5.41) is 10.7. The SMILES string of the molecule is CC(SCc1ccccc1)C(=O)NCC#N. The lowest BCUT2D eigenvalue weighted by molar-refractivity contribution is -0.120. The normalized spacial score (nSPS) is 11.5. The second kappa shape index (κ2) is 6.91. The first-order chi connectivity index (χ1) is 7.74. The molecule has 1 amide bonds. The molecule has 1 rings (SSSR count). The monoisotopic (exact) mass is 234 g/mol. The lowest BCUT2D eigenvalue weighted by Gasteiger charge is -2.09. The molecule has 1 aromatic carbocycles. The molecule has 84 valence electrons. The minimum atomic E-state index is -0.131. The maximum Gasteiger partial charge on any atom is 0.233 e. The quantitative estimate of drug-likeness (QED) is 0.792. The average Bonchev–Trinajstić information content (AvgIpc) is 2.34. The van der Waals surface area contributed by atoms with Gasteiger partial charge in [0, 0.05) is 5.75 Å². The van der Waals surface area contributed by atoms with E-state index in [0.29, 0.717) is 0 Å². The Hall–Kier alpha value is -1.47. The number of rotatable bonds is 5. The van der Waals surface area contributed by atoms with Crippen LogP contribution in [-0.2, 0) is 10.5 Å². The van der Waals surface area contributed by atoms with Gasteiger partial charge in [-0.3, -0.25) is 4.79 Å². The van der Waals surface area contributed by atoms with Crippen molar-refractivity contribution in [3.8, 4) is 6.07 Å². The summed E-state index contributed by atoms with van der Waals surface area (Å²) in [5.41, 5.74) is 1.20. The number of hydrogen-bond donors (Lipinski definition) is 1. The van der Waals surface area contributed by atoms with Crippen LogP contribution in [0, 0.1) is 11.3 Å². The van der Waals surface area contributed by atoms with Crippen LogP contribution in [0.4, 0.5) is 0 Å². The molecule has 0 bridgehead atoms. The van der Waals surface area contributed by atoms with Gasteiger partial charge in [0.25, 0.3) is 0 Å². The molecule has 0 fully saturated rings. The van der Waals surface area contributed by atoms with E-state index in [1.807, 2.05) is 43.3 Å². The van der Waals surface area contributed by atoms with Crippen LogP contribution in [0.5, 0.6) is 0 Å². The topological polar surface area (TPSA) is 52.9 Å². The summed E-state index contributed by atoms with van der Waals surface area (Å²) in [6.45, 7) is 1.93. The first-order valence-electron chi connectivity index (χ1n) is 5.04. The molecule has 0 radical (unpaired) electrons. The molecular formula is C12H14N2OS. The van der Waals surface area contributed by atoms with Crippen LogP contribution < -0.4 is 5.32 Å². The fraction of sp³-hybridized carbons (Fsp3) is 0.333. The first-order valence-corrected chi connectivity index (χ1v) is 6.09. The van der Waals surface area contributed by atoms with Crippen molar-refractivity contribution < 1.29 is 4.79 Å². The Balaban J connectivity index is 2.33. The van der Waals surface area contributed by atoms with Crippen LogP contribution in [0.1, 0.15) is 12.5 Å². The van der Waals surface area contributed by atoms with Crippen LogP contribution in [0.2, 0.25) is 0 Å². The van der Waals surface area contributed by atoms with Crippen molar-refractivity contribution in [3.05, 3.63) is 35.9 Å². The third kappa shape index (κ3) is 4.37. The summed E-state index contributed by atoms with van der Waals surface area (Å²) in [5.74, 6) is 0.726. The molecule has 0 spiro atoms. The Kier molecular flexibility index (Phi) is 5.44. The molecule has 1 aromatic rings. The molecule has 4 heteroatoms. The van der Waals surface area contributed by atoms with E-state index < -0.39 is 0 Å². The first kappa shape index (κ1) is 12.6. The smallest absolute Gasteiger partial charge is 0.233 e. The van der Waals surface area contributed by atoms with Gasteiger partial charge in [0.05, 0.1) is 11.3 Å². The summed E-state index contributed by atoms with van der Waals surface area (Å²) in [6, 6.07) is 11.9. The maximum atomic E-state index is 11.4. The summed E-state index contributed by atoms with van der Waals surface area (Å²) < 4.78 is 0. The minimum absolute atomic E-state index is 0.0784. The second-order valence-electron chi connectivity index (χ2n) is 3.31. The van der Waals surface area contributed by atoms with Gasteiger partial charge >= 0.3 is 0 Å². The zero-order valence-corrected chi connectivity index (χ0v) is 9.96. The Labute approximate surface area is 99.8 Å². The molecule has 0 aliphatic rings. The molecule has 16 heavy (non-hydrogen) atoms. The molecule has 3 nitrogen and oxygen atoms in total. The number of nitrogens with zero attached hydrogens (tertiary/aromatic N) is 1. The lowest BCUT2D eigenvalue weighted by atomic mass is 10.2. The van der Waals surface area contributed by atoms with Crippen molar-refractivity contribution in [1.82, 2.24) is 5.32 Å². The lowest BCUT2D eigenvalue weighted by Crippen LogP contribution is -2.31. The number of carbonyl (C=O) groups is 1. The molecule has 1 N–H and O–H groups in total. The van der Waals surface area contributed by atoms with Gasteiger partial charge in [0.2, 0.25) is 5.91 Å². The van der Waals surface area contributed by atoms with Gasteiger partial charge in [0.1, 0.15) is 6.54 Å². The predicted molar refractivity (Wildman–Crippen MR) is 65.8 cm³/mol. The molecule has 0 heterocycles. The van der Waals surface area contributed by atoms with E-state index in [1.54, 1.807) is 11.8 Å². The van der Waals surface area contributed by atoms with Gasteiger partial charge in [-0.25, -0.2) is 0 Å². The van der Waals surface area contributed by atoms with Crippen LogP contribution in [0.15, 0.2) is 30.3 Å². The highest BCUT2D eigenvalue weighted by Gasteiger charge is 2.12. The summed E-state index contributed by atoms with van der Waals surface area (Å²) in [6.07, 6.45) is 0. The average molecular weight is 234 g/mol. The number of benzene rings is 1. The third-order valence-electron chi connectivity index (χ3n) is 2.05. The molecule has 0 aromatic heterocycles. The van der Waals surface area contributed by atoms with E-state index >= 15 is 0 Å². The van der Waals surface area contributed by atoms with Crippen LogP contribution >= 0.6 is 11.8 Å². The second-order valence-corrected chi connectivity index (χ2v) is 4.64. The standard InChI is InChI=1S/C12H14N2OS/c1-10(12(15)14-8-7-13)16-9-11-5-3-2-4-6-11/h2-6,10H,8-9H2,1H3,(H,14,15). The molecule has 0 aliphatic carbocycles. The van der Waals surface area contributed by atoms with E-state index in [4.69, 9.17) is 5.26 Å². The van der Waals surface area contributed by atoms with Crippen molar-refractivity contribution in [2.45, 2.75) is 17.9 Å². The number of amides is 1. The van der Waals surface area contributed by atoms with E-state index in [-0.39, 0.29) is 17.7 Å². The number of thioether (sulfide) groups is 1. The third-order valence-corrected chi connectivity index (χ3v) is 3.27. The Bertz CT molecular complexity index is 372. The van der Waals surface area contributed by atoms with Crippen molar-refractivity contribution >= 4 is 17.7 Å². The number of carbonyl (C=O) groups excluding carboxylic acids is 1. The zero-order valence-electron chi connectivity index (χ0n) is 9.14. The number of nitriles is 1. The van der Waals surface area contributed by atoms with Crippen molar-refractivity contribution in [2.75, 3.05) is 6.54 Å². The molecule has 0 saturated heterocycles. The number of hydrogen-bond acceptors (Lipinski definition) is 3. The summed E-state index contributed by atoms with van der Waals surface area (Å²) >= 11 is 1.57. The molecule has 0 saturated carbocycles. The summed E-state index contributed by atoms with van der Waals surface area (Å²) in [7, 11) is 0. The van der Waals surface area contributed by atoms with Gasteiger partial charge in [-0.2, -0.15) is 5.26 Å². The molecule has 1 unspecified atom stereocenters. The largest absolute Gasteiger partial charge is 0.342 e. The Morgan fingerprint density at radius 3 is 2.81 bits per heavy atom. The minimum Gasteiger partial charge on any atom is -0.342 e. The summed E-state index contributed by atoms with van der Waals surface area (Å²) in [4.78, 5) is 11.4. The highest BCUT2D eigenvalue weighted by molar-refractivity contribution is 7.99. The zero-order chi connectivity index (χ0) is 11.8. The van der Waals surface area contributed by atoms with Gasteiger partial charge in [-0.05, 0) is 12.5 Å². The van der Waals surface area contributed by atoms with E-state index in [9.17, 15) is 4.79 Å². The predicted octanol–water partition coefficient (Wildman–Crippen LogP) is 1.95. The van der Waals surface area contributed by atoms with Gasteiger partial charge in [-0.15, -0.1) is 11.8 Å². The van der Waals surface area contributed by atoms with Crippen molar-refractivity contribution in [2.24, 2.45) is 0 Å². The molecule has 0 aliphatic heterocycles. The van der Waals surface area contributed by atoms with Crippen LogP contribution in [0.25, 0.3) is 0 Å². The van der Waals surface area contributed by atoms with Crippen molar-refractivity contribution in [3.63, 3.8) is 0 Å². The number of nitrogens with one attached hydrogen (secondary N) is 1. The highest BCUT2D eigenvalue weighted by atomic mass is 32.2. The van der Waals surface area contributed by atoms with Gasteiger partial charge in [-0.1, -0.05) is 30.3 Å². The Morgan fingerprint density at radius 1 is 1.50 bits per heavy atom. The molecular weight excluding hydrogens is 220 g/mol.